The number of hydrogen-bond acceptors (Lipinski definition) is 4. The number of rotatable bonds is 8. The maximum Gasteiger partial charge on any atom is 0.232 e. The molecular formula is C24H24F2N4O2S. The van der Waals surface area contributed by atoms with Crippen LogP contribution in [-0.2, 0) is 29.3 Å². The number of nitrogens with one attached hydrogen (secondary N) is 2. The molecule has 172 valence electrons. The van der Waals surface area contributed by atoms with Crippen LogP contribution in [0, 0.1) is 18.7 Å². The summed E-state index contributed by atoms with van der Waals surface area (Å²) in [5.74, 6) is -1.19. The molecule has 0 saturated carbocycles. The number of aromatic nitrogens is 3. The number of pyridine rings is 2. The number of sulfonamides is 1. The SMILES string of the molecule is CCS(=O)(=O)Nc1cc(F)cc(CCc2ccc(Cc3c[nH]c4ncc(C)cc34)c(F)n2)c1. The molecule has 0 bridgehead atoms. The number of aryl methyl sites for hydroxylation is 3. The van der Waals surface area contributed by atoms with E-state index >= 15 is 0 Å². The Morgan fingerprint density at radius 1 is 1.06 bits per heavy atom. The van der Waals surface area contributed by atoms with Crippen LogP contribution in [0.4, 0.5) is 14.5 Å². The highest BCUT2D eigenvalue weighted by Crippen LogP contribution is 2.22. The van der Waals surface area contributed by atoms with E-state index in [1.54, 1.807) is 24.4 Å². The van der Waals surface area contributed by atoms with E-state index in [9.17, 15) is 17.2 Å². The molecule has 2 N–H and O–H groups in total. The number of anilines is 1. The number of H-pyrrole nitrogens is 1. The zero-order valence-corrected chi connectivity index (χ0v) is 19.1. The molecule has 33 heavy (non-hydrogen) atoms. The molecule has 1 aromatic carbocycles. The Morgan fingerprint density at radius 2 is 1.88 bits per heavy atom. The largest absolute Gasteiger partial charge is 0.346 e. The van der Waals surface area contributed by atoms with Crippen LogP contribution in [0.15, 0.2) is 48.8 Å². The van der Waals surface area contributed by atoms with Crippen LogP contribution >= 0.6 is 0 Å². The van der Waals surface area contributed by atoms with Gasteiger partial charge in [0.05, 0.1) is 11.4 Å². The molecule has 0 aliphatic heterocycles. The number of benzene rings is 1. The highest BCUT2D eigenvalue weighted by molar-refractivity contribution is 7.92. The third kappa shape index (κ3) is 5.54. The van der Waals surface area contributed by atoms with Gasteiger partial charge in [0.25, 0.3) is 0 Å². The molecule has 0 saturated heterocycles. The van der Waals surface area contributed by atoms with Crippen molar-refractivity contribution in [1.82, 2.24) is 15.0 Å². The fraction of sp³-hybridized carbons (Fsp3) is 0.250. The maximum absolute atomic E-state index is 14.7. The normalized spacial score (nSPS) is 11.8. The van der Waals surface area contributed by atoms with Gasteiger partial charge in [0.15, 0.2) is 0 Å². The summed E-state index contributed by atoms with van der Waals surface area (Å²) in [5, 5.41) is 0.957. The third-order valence-electron chi connectivity index (χ3n) is 5.40. The zero-order valence-electron chi connectivity index (χ0n) is 18.3. The second-order valence-electron chi connectivity index (χ2n) is 8.01. The van der Waals surface area contributed by atoms with Gasteiger partial charge in [0.2, 0.25) is 16.0 Å². The minimum absolute atomic E-state index is 0.108. The Hall–Kier alpha value is -3.33. The van der Waals surface area contributed by atoms with Gasteiger partial charge in [-0.3, -0.25) is 4.72 Å². The van der Waals surface area contributed by atoms with E-state index in [0.717, 1.165) is 28.2 Å². The van der Waals surface area contributed by atoms with E-state index in [2.05, 4.69) is 19.7 Å². The second-order valence-corrected chi connectivity index (χ2v) is 10.0. The summed E-state index contributed by atoms with van der Waals surface area (Å²) in [7, 11) is -3.51. The molecule has 9 heteroatoms. The highest BCUT2D eigenvalue weighted by Gasteiger charge is 2.12. The minimum Gasteiger partial charge on any atom is -0.346 e. The predicted molar refractivity (Wildman–Crippen MR) is 125 cm³/mol. The quantitative estimate of drug-likeness (QED) is 0.366. The van der Waals surface area contributed by atoms with Crippen molar-refractivity contribution in [2.24, 2.45) is 0 Å². The lowest BCUT2D eigenvalue weighted by molar-refractivity contribution is 0.562. The van der Waals surface area contributed by atoms with Crippen LogP contribution in [0.1, 0.15) is 34.9 Å². The van der Waals surface area contributed by atoms with Crippen LogP contribution in [0.25, 0.3) is 11.0 Å². The van der Waals surface area contributed by atoms with E-state index in [1.807, 2.05) is 19.2 Å². The van der Waals surface area contributed by atoms with Gasteiger partial charge in [-0.1, -0.05) is 6.07 Å². The summed E-state index contributed by atoms with van der Waals surface area (Å²) in [5.41, 5.74) is 4.50. The van der Waals surface area contributed by atoms with Crippen molar-refractivity contribution in [2.75, 3.05) is 10.5 Å². The maximum atomic E-state index is 14.7. The number of hydrogen-bond donors (Lipinski definition) is 2. The Morgan fingerprint density at radius 3 is 2.64 bits per heavy atom. The average molecular weight is 471 g/mol. The second kappa shape index (κ2) is 9.27. The van der Waals surface area contributed by atoms with Crippen molar-refractivity contribution in [1.29, 1.82) is 0 Å². The summed E-state index contributed by atoms with van der Waals surface area (Å²) >= 11 is 0. The van der Waals surface area contributed by atoms with Crippen molar-refractivity contribution < 1.29 is 17.2 Å². The van der Waals surface area contributed by atoms with Crippen molar-refractivity contribution in [3.63, 3.8) is 0 Å². The highest BCUT2D eigenvalue weighted by atomic mass is 32.2. The van der Waals surface area contributed by atoms with Crippen LogP contribution < -0.4 is 4.72 Å². The van der Waals surface area contributed by atoms with Crippen LogP contribution in [0.5, 0.6) is 0 Å². The van der Waals surface area contributed by atoms with Crippen LogP contribution in [-0.4, -0.2) is 29.1 Å². The molecular weight excluding hydrogens is 446 g/mol. The monoisotopic (exact) mass is 470 g/mol. The first-order chi connectivity index (χ1) is 15.7. The van der Waals surface area contributed by atoms with E-state index in [0.29, 0.717) is 36.1 Å². The van der Waals surface area contributed by atoms with E-state index < -0.39 is 21.8 Å². The van der Waals surface area contributed by atoms with Crippen molar-refractivity contribution in [3.05, 3.63) is 88.5 Å². The molecule has 0 atom stereocenters. The lowest BCUT2D eigenvalue weighted by Crippen LogP contribution is -2.15. The zero-order chi connectivity index (χ0) is 23.6. The molecule has 3 aromatic heterocycles. The van der Waals surface area contributed by atoms with Gasteiger partial charge in [0, 0.05) is 35.5 Å². The van der Waals surface area contributed by atoms with Gasteiger partial charge in [0.1, 0.15) is 11.5 Å². The first kappa shape index (κ1) is 22.8. The van der Waals surface area contributed by atoms with Gasteiger partial charge in [-0.05, 0) is 73.7 Å². The van der Waals surface area contributed by atoms with E-state index in [-0.39, 0.29) is 11.4 Å². The van der Waals surface area contributed by atoms with Crippen LogP contribution in [0.2, 0.25) is 0 Å². The summed E-state index contributed by atoms with van der Waals surface area (Å²) in [6, 6.07) is 9.53. The summed E-state index contributed by atoms with van der Waals surface area (Å²) in [6.45, 7) is 3.46. The number of nitrogens with zero attached hydrogens (tertiary/aromatic N) is 2. The van der Waals surface area contributed by atoms with Gasteiger partial charge in [-0.25, -0.2) is 22.8 Å². The third-order valence-corrected chi connectivity index (χ3v) is 6.71. The molecule has 0 aliphatic rings. The molecule has 0 unspecified atom stereocenters. The molecule has 0 amide bonds. The van der Waals surface area contributed by atoms with Crippen LogP contribution in [0.3, 0.4) is 0 Å². The summed E-state index contributed by atoms with van der Waals surface area (Å²) in [4.78, 5) is 11.5. The smallest absolute Gasteiger partial charge is 0.232 e. The lowest BCUT2D eigenvalue weighted by atomic mass is 10.0. The first-order valence-corrected chi connectivity index (χ1v) is 12.2. The fourth-order valence-corrected chi connectivity index (χ4v) is 4.28. The first-order valence-electron chi connectivity index (χ1n) is 10.6. The molecule has 3 heterocycles. The predicted octanol–water partition coefficient (Wildman–Crippen LogP) is 4.68. The van der Waals surface area contributed by atoms with Crippen molar-refractivity contribution in [3.8, 4) is 0 Å². The van der Waals surface area contributed by atoms with Gasteiger partial charge < -0.3 is 4.98 Å². The fourth-order valence-electron chi connectivity index (χ4n) is 3.66. The Bertz CT molecular complexity index is 1420. The van der Waals surface area contributed by atoms with E-state index in [1.165, 1.54) is 13.0 Å². The number of fused-ring (bicyclic) bond motifs is 1. The Labute approximate surface area is 191 Å². The standard InChI is InChI=1S/C24H24F2N4O2S/c1-3-33(31,32)30-21-10-16(9-19(25)12-21)4-6-20-7-5-17(23(26)29-20)11-18-14-28-24-22(18)8-15(2)13-27-24/h5,7-10,12-14,30H,3-4,6,11H2,1-2H3,(H,27,28). The Balaban J connectivity index is 1.47. The molecule has 0 aliphatic carbocycles. The van der Waals surface area contributed by atoms with E-state index in [4.69, 9.17) is 0 Å². The molecule has 0 spiro atoms. The topological polar surface area (TPSA) is 87.7 Å². The van der Waals surface area contributed by atoms with Gasteiger partial charge in [-0.2, -0.15) is 4.39 Å². The van der Waals surface area contributed by atoms with Gasteiger partial charge in [-0.15, -0.1) is 0 Å². The molecule has 0 fully saturated rings. The van der Waals surface area contributed by atoms with Crippen molar-refractivity contribution in [2.45, 2.75) is 33.1 Å². The molecule has 0 radical (unpaired) electrons. The minimum atomic E-state index is -3.51. The van der Waals surface area contributed by atoms with Gasteiger partial charge >= 0.3 is 0 Å². The average Bonchev–Trinajstić information content (AvgIpc) is 3.15. The molecule has 4 rings (SSSR count). The number of aromatic amines is 1. The number of halogens is 2. The Kier molecular flexibility index (Phi) is 6.42. The van der Waals surface area contributed by atoms with Crippen molar-refractivity contribution >= 4 is 26.7 Å². The lowest BCUT2D eigenvalue weighted by Gasteiger charge is -2.09. The molecule has 6 nitrogen and oxygen atoms in total. The molecule has 4 aromatic rings. The summed E-state index contributed by atoms with van der Waals surface area (Å²) < 4.78 is 54.5. The summed E-state index contributed by atoms with van der Waals surface area (Å²) in [6.07, 6.45) is 4.77.